The summed E-state index contributed by atoms with van der Waals surface area (Å²) < 4.78 is 13.2. The van der Waals surface area contributed by atoms with Gasteiger partial charge in [0.2, 0.25) is 0 Å². The van der Waals surface area contributed by atoms with Crippen LogP contribution in [0.1, 0.15) is 21.9 Å². The van der Waals surface area contributed by atoms with Gasteiger partial charge in [0.05, 0.1) is 6.33 Å². The Kier molecular flexibility index (Phi) is 5.59. The molecular formula is C23H17ClN2O3. The van der Waals surface area contributed by atoms with Gasteiger partial charge >= 0.3 is 0 Å². The molecule has 5 nitrogen and oxygen atoms in total. The highest BCUT2D eigenvalue weighted by Crippen LogP contribution is 2.19. The lowest BCUT2D eigenvalue weighted by Gasteiger charge is -2.04. The molecule has 2 aromatic carbocycles. The average Bonchev–Trinajstić information content (AvgIpc) is 3.43. The molecule has 0 unspecified atom stereocenters. The van der Waals surface area contributed by atoms with Crippen molar-refractivity contribution in [3.63, 3.8) is 0 Å². The van der Waals surface area contributed by atoms with Crippen molar-refractivity contribution in [2.45, 2.75) is 6.61 Å². The van der Waals surface area contributed by atoms with E-state index in [1.54, 1.807) is 48.9 Å². The van der Waals surface area contributed by atoms with Crippen LogP contribution in [0, 0.1) is 0 Å². The Labute approximate surface area is 172 Å². The maximum Gasteiger partial charge on any atom is 0.185 e. The third-order valence-corrected chi connectivity index (χ3v) is 4.45. The van der Waals surface area contributed by atoms with E-state index in [1.807, 2.05) is 41.1 Å². The van der Waals surface area contributed by atoms with Gasteiger partial charge in [0, 0.05) is 28.7 Å². The van der Waals surface area contributed by atoms with E-state index < -0.39 is 0 Å². The molecule has 0 saturated heterocycles. The topological polar surface area (TPSA) is 57.3 Å². The number of imidazole rings is 1. The van der Waals surface area contributed by atoms with Crippen LogP contribution < -0.4 is 4.74 Å². The largest absolute Gasteiger partial charge is 0.486 e. The SMILES string of the molecule is O=C(/C=C/c1ccc(COc2cccc(Cl)c2)o1)c1ccc(-n2ccnc2)cc1. The van der Waals surface area contributed by atoms with Crippen LogP contribution in [0.2, 0.25) is 5.02 Å². The number of hydrogen-bond donors (Lipinski definition) is 0. The Bertz CT molecular complexity index is 1130. The fraction of sp³-hybridized carbons (Fsp3) is 0.0435. The van der Waals surface area contributed by atoms with Gasteiger partial charge in [-0.2, -0.15) is 0 Å². The molecule has 0 fully saturated rings. The van der Waals surface area contributed by atoms with Crippen LogP contribution in [0.3, 0.4) is 0 Å². The van der Waals surface area contributed by atoms with Crippen molar-refractivity contribution < 1.29 is 13.9 Å². The lowest BCUT2D eigenvalue weighted by molar-refractivity contribution is 0.104. The molecule has 2 aromatic heterocycles. The van der Waals surface area contributed by atoms with Gasteiger partial charge < -0.3 is 13.7 Å². The molecule has 0 atom stereocenters. The van der Waals surface area contributed by atoms with Gasteiger partial charge in [-0.15, -0.1) is 0 Å². The van der Waals surface area contributed by atoms with E-state index in [0.29, 0.717) is 27.9 Å². The number of furan rings is 1. The molecular weight excluding hydrogens is 388 g/mol. The highest BCUT2D eigenvalue weighted by molar-refractivity contribution is 6.30. The number of halogens is 1. The second kappa shape index (κ2) is 8.63. The second-order valence-corrected chi connectivity index (χ2v) is 6.70. The van der Waals surface area contributed by atoms with Gasteiger partial charge in [-0.25, -0.2) is 4.98 Å². The zero-order chi connectivity index (χ0) is 20.1. The summed E-state index contributed by atoms with van der Waals surface area (Å²) >= 11 is 5.94. The Morgan fingerprint density at radius 2 is 2.00 bits per heavy atom. The van der Waals surface area contributed by atoms with Gasteiger partial charge in [0.25, 0.3) is 0 Å². The molecule has 4 aromatic rings. The zero-order valence-corrected chi connectivity index (χ0v) is 16.1. The minimum absolute atomic E-state index is 0.102. The predicted octanol–water partition coefficient (Wildman–Crippen LogP) is 5.59. The lowest BCUT2D eigenvalue weighted by Crippen LogP contribution is -1.96. The summed E-state index contributed by atoms with van der Waals surface area (Å²) in [5.74, 6) is 1.80. The smallest absolute Gasteiger partial charge is 0.185 e. The van der Waals surface area contributed by atoms with Gasteiger partial charge in [0.1, 0.15) is 23.9 Å². The molecule has 0 aliphatic rings. The number of allylic oxidation sites excluding steroid dienone is 1. The normalized spacial score (nSPS) is 11.1. The monoisotopic (exact) mass is 404 g/mol. The van der Waals surface area contributed by atoms with Crippen LogP contribution in [0.4, 0.5) is 0 Å². The molecule has 0 aliphatic heterocycles. The summed E-state index contributed by atoms with van der Waals surface area (Å²) in [6, 6.07) is 18.1. The zero-order valence-electron chi connectivity index (χ0n) is 15.4. The molecule has 6 heteroatoms. The molecule has 0 saturated carbocycles. The van der Waals surface area contributed by atoms with Crippen molar-refractivity contribution in [1.82, 2.24) is 9.55 Å². The Morgan fingerprint density at radius 1 is 1.14 bits per heavy atom. The van der Waals surface area contributed by atoms with Gasteiger partial charge in [-0.3, -0.25) is 4.79 Å². The maximum atomic E-state index is 12.4. The van der Waals surface area contributed by atoms with Gasteiger partial charge in [-0.1, -0.05) is 17.7 Å². The van der Waals surface area contributed by atoms with Crippen LogP contribution in [0.15, 0.2) is 89.9 Å². The Balaban J connectivity index is 1.36. The van der Waals surface area contributed by atoms with E-state index in [9.17, 15) is 4.79 Å². The first kappa shape index (κ1) is 18.8. The number of benzene rings is 2. The fourth-order valence-corrected chi connectivity index (χ4v) is 2.92. The number of ether oxygens (including phenoxy) is 1. The quantitative estimate of drug-likeness (QED) is 0.297. The van der Waals surface area contributed by atoms with Crippen LogP contribution in [0.5, 0.6) is 5.75 Å². The Hall–Kier alpha value is -3.57. The predicted molar refractivity (Wildman–Crippen MR) is 111 cm³/mol. The highest BCUT2D eigenvalue weighted by atomic mass is 35.5. The number of carbonyl (C=O) groups is 1. The number of carbonyl (C=O) groups excluding carboxylic acids is 1. The molecule has 4 rings (SSSR count). The van der Waals surface area contributed by atoms with Crippen LogP contribution in [-0.4, -0.2) is 15.3 Å². The third kappa shape index (κ3) is 4.83. The van der Waals surface area contributed by atoms with Crippen molar-refractivity contribution in [3.05, 3.63) is 108 Å². The van der Waals surface area contributed by atoms with Crippen LogP contribution >= 0.6 is 11.6 Å². The first-order valence-electron chi connectivity index (χ1n) is 8.95. The van der Waals surface area contributed by atoms with Crippen LogP contribution in [-0.2, 0) is 6.61 Å². The summed E-state index contributed by atoms with van der Waals surface area (Å²) in [6.07, 6.45) is 8.41. The number of aromatic nitrogens is 2. The minimum Gasteiger partial charge on any atom is -0.486 e. The van der Waals surface area contributed by atoms with Crippen molar-refractivity contribution in [1.29, 1.82) is 0 Å². The molecule has 0 amide bonds. The van der Waals surface area contributed by atoms with E-state index in [0.717, 1.165) is 5.69 Å². The van der Waals surface area contributed by atoms with Gasteiger partial charge in [-0.05, 0) is 66.7 Å². The molecule has 0 N–H and O–H groups in total. The molecule has 144 valence electrons. The average molecular weight is 405 g/mol. The molecule has 29 heavy (non-hydrogen) atoms. The summed E-state index contributed by atoms with van der Waals surface area (Å²) in [5.41, 5.74) is 1.54. The molecule has 0 radical (unpaired) electrons. The van der Waals surface area contributed by atoms with E-state index in [2.05, 4.69) is 4.98 Å². The van der Waals surface area contributed by atoms with Crippen molar-refractivity contribution in [2.75, 3.05) is 0 Å². The second-order valence-electron chi connectivity index (χ2n) is 6.26. The fourth-order valence-electron chi connectivity index (χ4n) is 2.74. The minimum atomic E-state index is -0.102. The third-order valence-electron chi connectivity index (χ3n) is 4.21. The number of hydrogen-bond acceptors (Lipinski definition) is 4. The molecule has 0 spiro atoms. The summed E-state index contributed by atoms with van der Waals surface area (Å²) in [7, 11) is 0. The maximum absolute atomic E-state index is 12.4. The number of nitrogens with zero attached hydrogens (tertiary/aromatic N) is 2. The van der Waals surface area contributed by atoms with E-state index in [4.69, 9.17) is 20.8 Å². The van der Waals surface area contributed by atoms with Crippen molar-refractivity contribution >= 4 is 23.5 Å². The van der Waals surface area contributed by atoms with Crippen molar-refractivity contribution in [2.24, 2.45) is 0 Å². The highest BCUT2D eigenvalue weighted by Gasteiger charge is 2.05. The standard InChI is InChI=1S/C23H17ClN2O3/c24-18-2-1-3-21(14-18)28-15-22-9-8-20(29-22)10-11-23(27)17-4-6-19(7-5-17)26-13-12-25-16-26/h1-14,16H,15H2/b11-10+. The van der Waals surface area contributed by atoms with Gasteiger partial charge in [0.15, 0.2) is 5.78 Å². The molecule has 0 bridgehead atoms. The first-order chi connectivity index (χ1) is 14.2. The number of ketones is 1. The summed E-state index contributed by atoms with van der Waals surface area (Å²) in [4.78, 5) is 16.4. The Morgan fingerprint density at radius 3 is 2.76 bits per heavy atom. The summed E-state index contributed by atoms with van der Waals surface area (Å²) in [6.45, 7) is 0.276. The van der Waals surface area contributed by atoms with Crippen LogP contribution in [0.25, 0.3) is 11.8 Å². The molecule has 2 heterocycles. The van der Waals surface area contributed by atoms with E-state index >= 15 is 0 Å². The molecule has 0 aliphatic carbocycles. The van der Waals surface area contributed by atoms with E-state index in [1.165, 1.54) is 6.08 Å². The lowest BCUT2D eigenvalue weighted by atomic mass is 10.1. The number of rotatable bonds is 7. The summed E-state index contributed by atoms with van der Waals surface area (Å²) in [5, 5.41) is 0.613. The first-order valence-corrected chi connectivity index (χ1v) is 9.33. The van der Waals surface area contributed by atoms with Crippen molar-refractivity contribution in [3.8, 4) is 11.4 Å². The van der Waals surface area contributed by atoms with E-state index in [-0.39, 0.29) is 12.4 Å².